The van der Waals surface area contributed by atoms with E-state index in [1.54, 1.807) is 18.2 Å². The van der Waals surface area contributed by atoms with Gasteiger partial charge >= 0.3 is 0 Å². The summed E-state index contributed by atoms with van der Waals surface area (Å²) in [4.78, 5) is 0. The maximum absolute atomic E-state index is 9.12. The molecule has 5 heteroatoms. The third-order valence-electron chi connectivity index (χ3n) is 1.85. The van der Waals surface area contributed by atoms with Crippen LogP contribution < -0.4 is 4.74 Å². The molecule has 0 aromatic heterocycles. The first kappa shape index (κ1) is 12.4. The summed E-state index contributed by atoms with van der Waals surface area (Å²) in [7, 11) is 0. The summed E-state index contributed by atoms with van der Waals surface area (Å²) in [5.74, 6) is 0.493. The number of hydrogen-bond acceptors (Lipinski definition) is 4. The van der Waals surface area contributed by atoms with Crippen molar-refractivity contribution >= 4 is 15.9 Å². The minimum absolute atomic E-state index is 0.00782. The normalized spacial score (nSPS) is 12.5. The Morgan fingerprint density at radius 1 is 1.33 bits per heavy atom. The van der Waals surface area contributed by atoms with E-state index in [-0.39, 0.29) is 19.8 Å². The average Bonchev–Trinajstić information content (AvgIpc) is 2.26. The van der Waals surface area contributed by atoms with Crippen molar-refractivity contribution in [3.63, 3.8) is 0 Å². The van der Waals surface area contributed by atoms with E-state index >= 15 is 0 Å². The van der Waals surface area contributed by atoms with Crippen molar-refractivity contribution in [2.45, 2.75) is 12.7 Å². The molecule has 3 N–H and O–H groups in total. The van der Waals surface area contributed by atoms with Gasteiger partial charge < -0.3 is 20.1 Å². The van der Waals surface area contributed by atoms with Crippen LogP contribution in [0.15, 0.2) is 22.7 Å². The molecule has 0 bridgehead atoms. The number of ether oxygens (including phenoxy) is 1. The molecule has 84 valence electrons. The van der Waals surface area contributed by atoms with Gasteiger partial charge in [-0.2, -0.15) is 0 Å². The molecule has 0 aliphatic rings. The zero-order valence-electron chi connectivity index (χ0n) is 8.06. The molecular formula is C10H13BrO4. The smallest absolute Gasteiger partial charge is 0.139 e. The fraction of sp³-hybridized carbons (Fsp3) is 0.400. The van der Waals surface area contributed by atoms with Crippen molar-refractivity contribution in [3.8, 4) is 5.75 Å². The first-order valence-corrected chi connectivity index (χ1v) is 5.28. The summed E-state index contributed by atoms with van der Waals surface area (Å²) >= 11 is 3.28. The van der Waals surface area contributed by atoms with Crippen LogP contribution in [-0.2, 0) is 6.61 Å². The highest BCUT2D eigenvalue weighted by Crippen LogP contribution is 2.29. The largest absolute Gasteiger partial charge is 0.489 e. The topological polar surface area (TPSA) is 69.9 Å². The molecule has 1 atom stereocenters. The molecule has 1 aromatic rings. The molecule has 0 radical (unpaired) electrons. The van der Waals surface area contributed by atoms with Crippen LogP contribution in [0.3, 0.4) is 0 Å². The van der Waals surface area contributed by atoms with Gasteiger partial charge in [-0.25, -0.2) is 0 Å². The Bertz CT molecular complexity index is 316. The zero-order valence-corrected chi connectivity index (χ0v) is 9.64. The fourth-order valence-electron chi connectivity index (χ4n) is 1.07. The molecule has 1 rings (SSSR count). The number of aliphatic hydroxyl groups excluding tert-OH is 3. The second kappa shape index (κ2) is 6.07. The van der Waals surface area contributed by atoms with E-state index in [1.165, 1.54) is 0 Å². The lowest BCUT2D eigenvalue weighted by Gasteiger charge is -2.14. The zero-order chi connectivity index (χ0) is 11.3. The molecule has 0 saturated heterocycles. The van der Waals surface area contributed by atoms with Crippen molar-refractivity contribution in [3.05, 3.63) is 28.2 Å². The highest BCUT2D eigenvalue weighted by atomic mass is 79.9. The maximum Gasteiger partial charge on any atom is 0.139 e. The van der Waals surface area contributed by atoms with Gasteiger partial charge in [0.1, 0.15) is 18.5 Å². The van der Waals surface area contributed by atoms with Crippen LogP contribution in [0.4, 0.5) is 0 Å². The van der Waals surface area contributed by atoms with E-state index in [9.17, 15) is 0 Å². The van der Waals surface area contributed by atoms with Crippen LogP contribution in [0.2, 0.25) is 0 Å². The van der Waals surface area contributed by atoms with Gasteiger partial charge in [0.25, 0.3) is 0 Å². The maximum atomic E-state index is 9.12. The number of hydrogen-bond donors (Lipinski definition) is 3. The molecule has 0 aliphatic carbocycles. The van der Waals surface area contributed by atoms with Crippen molar-refractivity contribution < 1.29 is 20.1 Å². The van der Waals surface area contributed by atoms with Crippen molar-refractivity contribution in [2.24, 2.45) is 0 Å². The molecule has 0 fully saturated rings. The fourth-order valence-corrected chi connectivity index (χ4v) is 1.59. The molecule has 15 heavy (non-hydrogen) atoms. The van der Waals surface area contributed by atoms with Crippen molar-refractivity contribution in [2.75, 3.05) is 13.2 Å². The lowest BCUT2D eigenvalue weighted by atomic mass is 10.2. The van der Waals surface area contributed by atoms with Crippen LogP contribution in [0.25, 0.3) is 0 Å². The number of para-hydroxylation sites is 1. The third-order valence-corrected chi connectivity index (χ3v) is 2.47. The Balaban J connectivity index is 2.74. The first-order valence-electron chi connectivity index (χ1n) is 4.49. The second-order valence-electron chi connectivity index (χ2n) is 3.03. The SMILES string of the molecule is OCc1cccc(Br)c1OCC(O)CO. The highest BCUT2D eigenvalue weighted by molar-refractivity contribution is 9.10. The van der Waals surface area contributed by atoms with Crippen LogP contribution in [-0.4, -0.2) is 34.6 Å². The number of rotatable bonds is 5. The molecule has 0 heterocycles. The third kappa shape index (κ3) is 3.46. The minimum atomic E-state index is -0.913. The molecule has 0 amide bonds. The van der Waals surface area contributed by atoms with Gasteiger partial charge in [0.2, 0.25) is 0 Å². The Morgan fingerprint density at radius 2 is 2.07 bits per heavy atom. The molecular weight excluding hydrogens is 264 g/mol. The lowest BCUT2D eigenvalue weighted by Crippen LogP contribution is -2.21. The molecule has 0 aliphatic heterocycles. The predicted molar refractivity (Wildman–Crippen MR) is 58.7 cm³/mol. The molecule has 1 aromatic carbocycles. The Hall–Kier alpha value is -0.620. The summed E-state index contributed by atoms with van der Waals surface area (Å²) in [6.07, 6.45) is -0.913. The van der Waals surface area contributed by atoms with Gasteiger partial charge in [0.05, 0.1) is 17.7 Å². The van der Waals surface area contributed by atoms with Gasteiger partial charge in [0, 0.05) is 5.56 Å². The van der Waals surface area contributed by atoms with E-state index in [0.29, 0.717) is 15.8 Å². The average molecular weight is 277 g/mol. The predicted octanol–water partition coefficient (Wildman–Crippen LogP) is 0.673. The van der Waals surface area contributed by atoms with E-state index in [0.717, 1.165) is 0 Å². The van der Waals surface area contributed by atoms with E-state index in [2.05, 4.69) is 15.9 Å². The summed E-state index contributed by atoms with van der Waals surface area (Å²) in [5, 5.41) is 26.8. The van der Waals surface area contributed by atoms with Crippen LogP contribution in [0, 0.1) is 0 Å². The summed E-state index contributed by atoms with van der Waals surface area (Å²) in [5.41, 5.74) is 0.634. The second-order valence-corrected chi connectivity index (χ2v) is 3.89. The lowest BCUT2D eigenvalue weighted by molar-refractivity contribution is 0.0526. The van der Waals surface area contributed by atoms with Crippen molar-refractivity contribution in [1.82, 2.24) is 0 Å². The number of benzene rings is 1. The molecule has 0 spiro atoms. The highest BCUT2D eigenvalue weighted by Gasteiger charge is 2.09. The first-order chi connectivity index (χ1) is 7.19. The quantitative estimate of drug-likeness (QED) is 0.740. The van der Waals surface area contributed by atoms with Gasteiger partial charge in [-0.15, -0.1) is 0 Å². The minimum Gasteiger partial charge on any atom is -0.489 e. The molecule has 1 unspecified atom stereocenters. The van der Waals surface area contributed by atoms with E-state index in [1.807, 2.05) is 0 Å². The Kier molecular flexibility index (Phi) is 5.04. The van der Waals surface area contributed by atoms with Gasteiger partial charge in [-0.05, 0) is 22.0 Å². The summed E-state index contributed by atoms with van der Waals surface area (Å²) in [6.45, 7) is -0.491. The van der Waals surface area contributed by atoms with Crippen LogP contribution in [0.5, 0.6) is 5.75 Å². The summed E-state index contributed by atoms with van der Waals surface area (Å²) in [6, 6.07) is 5.29. The molecule has 4 nitrogen and oxygen atoms in total. The molecule has 0 saturated carbocycles. The van der Waals surface area contributed by atoms with Crippen molar-refractivity contribution in [1.29, 1.82) is 0 Å². The Labute approximate surface area is 96.3 Å². The van der Waals surface area contributed by atoms with Gasteiger partial charge in [0.15, 0.2) is 0 Å². The number of halogens is 1. The van der Waals surface area contributed by atoms with Gasteiger partial charge in [-0.1, -0.05) is 12.1 Å². The van der Waals surface area contributed by atoms with E-state index < -0.39 is 6.10 Å². The monoisotopic (exact) mass is 276 g/mol. The standard InChI is InChI=1S/C10H13BrO4/c11-9-3-1-2-7(4-12)10(9)15-6-8(14)5-13/h1-3,8,12-14H,4-6H2. The van der Waals surface area contributed by atoms with Crippen LogP contribution >= 0.6 is 15.9 Å². The van der Waals surface area contributed by atoms with Gasteiger partial charge in [-0.3, -0.25) is 0 Å². The summed E-state index contributed by atoms with van der Waals surface area (Å²) < 4.78 is 6.00. The van der Waals surface area contributed by atoms with Crippen LogP contribution in [0.1, 0.15) is 5.56 Å². The number of aliphatic hydroxyl groups is 3. The Morgan fingerprint density at radius 3 is 2.67 bits per heavy atom. The van der Waals surface area contributed by atoms with E-state index in [4.69, 9.17) is 20.1 Å².